The van der Waals surface area contributed by atoms with Gasteiger partial charge in [-0.05, 0) is 34.9 Å². The molecule has 27 heavy (non-hydrogen) atoms. The van der Waals surface area contributed by atoms with Gasteiger partial charge in [-0.25, -0.2) is 4.79 Å². The monoisotopic (exact) mass is 366 g/mol. The van der Waals surface area contributed by atoms with E-state index in [0.717, 1.165) is 16.9 Å². The number of nitrogens with zero attached hydrogens (tertiary/aromatic N) is 1. The molecule has 2 heterocycles. The van der Waals surface area contributed by atoms with Crippen molar-refractivity contribution in [1.29, 1.82) is 0 Å². The molecular formula is C20H18N2O5. The summed E-state index contributed by atoms with van der Waals surface area (Å²) in [4.78, 5) is 37.9. The van der Waals surface area contributed by atoms with Crippen LogP contribution in [0, 0.1) is 0 Å². The van der Waals surface area contributed by atoms with E-state index in [9.17, 15) is 19.5 Å². The molecule has 0 unspecified atom stereocenters. The number of aliphatic carboxylic acids is 1. The van der Waals surface area contributed by atoms with E-state index in [1.807, 2.05) is 12.1 Å². The summed E-state index contributed by atoms with van der Waals surface area (Å²) in [7, 11) is 0. The fraction of sp³-hybridized carbons (Fsp3) is 0.250. The average Bonchev–Trinajstić information content (AvgIpc) is 3.24. The standard InChI is InChI=1S/C20H18N2O5/c23-17(11-22-10-14-3-1-2-4-15(14)19(22)24)21-18(20(25)26)13-5-6-16-12(9-13)7-8-27-16/h1-6,9,18H,7-8,10-11H2,(H,21,23)(H,25,26)/t18-/m1/s1. The van der Waals surface area contributed by atoms with Gasteiger partial charge in [0.2, 0.25) is 5.91 Å². The molecule has 7 heteroatoms. The van der Waals surface area contributed by atoms with E-state index >= 15 is 0 Å². The van der Waals surface area contributed by atoms with Gasteiger partial charge in [-0.15, -0.1) is 0 Å². The molecule has 0 aliphatic carbocycles. The van der Waals surface area contributed by atoms with Gasteiger partial charge in [-0.3, -0.25) is 9.59 Å². The number of hydrogen-bond acceptors (Lipinski definition) is 4. The molecule has 0 saturated carbocycles. The zero-order valence-corrected chi connectivity index (χ0v) is 14.5. The molecule has 0 radical (unpaired) electrons. The zero-order valence-electron chi connectivity index (χ0n) is 14.5. The number of benzene rings is 2. The van der Waals surface area contributed by atoms with Crippen molar-refractivity contribution in [2.24, 2.45) is 0 Å². The molecule has 0 saturated heterocycles. The number of rotatable bonds is 5. The third kappa shape index (κ3) is 3.23. The summed E-state index contributed by atoms with van der Waals surface area (Å²) in [5, 5.41) is 12.1. The van der Waals surface area contributed by atoms with Crippen LogP contribution in [0.5, 0.6) is 5.75 Å². The van der Waals surface area contributed by atoms with Crippen LogP contribution >= 0.6 is 0 Å². The first-order valence-corrected chi connectivity index (χ1v) is 8.68. The number of carboxylic acid groups (broad SMARTS) is 1. The number of ether oxygens (including phenoxy) is 1. The Balaban J connectivity index is 1.46. The molecule has 2 aliphatic rings. The van der Waals surface area contributed by atoms with Gasteiger partial charge in [-0.2, -0.15) is 0 Å². The molecule has 0 spiro atoms. The summed E-state index contributed by atoms with van der Waals surface area (Å²) >= 11 is 0. The predicted molar refractivity (Wildman–Crippen MR) is 95.3 cm³/mol. The van der Waals surface area contributed by atoms with Crippen LogP contribution in [0.4, 0.5) is 0 Å². The maximum Gasteiger partial charge on any atom is 0.330 e. The van der Waals surface area contributed by atoms with Crippen LogP contribution in [-0.2, 0) is 22.6 Å². The molecular weight excluding hydrogens is 348 g/mol. The van der Waals surface area contributed by atoms with E-state index in [4.69, 9.17) is 4.74 Å². The zero-order chi connectivity index (χ0) is 19.0. The van der Waals surface area contributed by atoms with Crippen molar-refractivity contribution >= 4 is 17.8 Å². The molecule has 2 N–H and O–H groups in total. The highest BCUT2D eigenvalue weighted by atomic mass is 16.5. The Labute approximate surface area is 155 Å². The first kappa shape index (κ1) is 17.1. The van der Waals surface area contributed by atoms with Crippen LogP contribution < -0.4 is 10.1 Å². The van der Waals surface area contributed by atoms with E-state index in [2.05, 4.69) is 5.32 Å². The van der Waals surface area contributed by atoms with E-state index < -0.39 is 17.9 Å². The van der Waals surface area contributed by atoms with E-state index in [0.29, 0.717) is 30.7 Å². The quantitative estimate of drug-likeness (QED) is 0.836. The van der Waals surface area contributed by atoms with Gasteiger partial charge in [0, 0.05) is 18.5 Å². The topological polar surface area (TPSA) is 95.9 Å². The molecule has 1 atom stereocenters. The second kappa shape index (κ2) is 6.75. The maximum absolute atomic E-state index is 12.4. The number of amides is 2. The van der Waals surface area contributed by atoms with E-state index in [1.165, 1.54) is 4.90 Å². The van der Waals surface area contributed by atoms with Gasteiger partial charge in [0.15, 0.2) is 6.04 Å². The Morgan fingerprint density at radius 3 is 2.78 bits per heavy atom. The van der Waals surface area contributed by atoms with Crippen LogP contribution in [0.2, 0.25) is 0 Å². The van der Waals surface area contributed by atoms with E-state index in [-0.39, 0.29) is 12.5 Å². The first-order valence-electron chi connectivity index (χ1n) is 8.68. The lowest BCUT2D eigenvalue weighted by atomic mass is 10.0. The Morgan fingerprint density at radius 2 is 2.00 bits per heavy atom. The highest BCUT2D eigenvalue weighted by Crippen LogP contribution is 2.28. The lowest BCUT2D eigenvalue weighted by Gasteiger charge is -2.19. The predicted octanol–water partition coefficient (Wildman–Crippen LogP) is 1.52. The lowest BCUT2D eigenvalue weighted by Crippen LogP contribution is -2.41. The molecule has 2 aliphatic heterocycles. The van der Waals surface area contributed by atoms with Crippen molar-refractivity contribution in [3.63, 3.8) is 0 Å². The third-order valence-corrected chi connectivity index (χ3v) is 4.83. The van der Waals surface area contributed by atoms with Crippen molar-refractivity contribution in [3.8, 4) is 5.75 Å². The number of carbonyl (C=O) groups excluding carboxylic acids is 2. The number of fused-ring (bicyclic) bond motifs is 2. The smallest absolute Gasteiger partial charge is 0.330 e. The molecule has 2 aromatic rings. The summed E-state index contributed by atoms with van der Waals surface area (Å²) in [6.07, 6.45) is 0.712. The first-order chi connectivity index (χ1) is 13.0. The molecule has 2 amide bonds. The van der Waals surface area contributed by atoms with Crippen molar-refractivity contribution in [2.45, 2.75) is 19.0 Å². The second-order valence-corrected chi connectivity index (χ2v) is 6.62. The fourth-order valence-electron chi connectivity index (χ4n) is 3.50. The Morgan fingerprint density at radius 1 is 1.19 bits per heavy atom. The molecule has 2 aromatic carbocycles. The summed E-state index contributed by atoms with van der Waals surface area (Å²) in [5.74, 6) is -1.14. The van der Waals surface area contributed by atoms with Gasteiger partial charge in [0.1, 0.15) is 12.3 Å². The average molecular weight is 366 g/mol. The van der Waals surface area contributed by atoms with Crippen molar-refractivity contribution < 1.29 is 24.2 Å². The largest absolute Gasteiger partial charge is 0.493 e. The number of hydrogen-bond donors (Lipinski definition) is 2. The number of carbonyl (C=O) groups is 3. The normalized spacial score (nSPS) is 15.7. The second-order valence-electron chi connectivity index (χ2n) is 6.62. The van der Waals surface area contributed by atoms with Gasteiger partial charge in [0.05, 0.1) is 6.61 Å². The minimum Gasteiger partial charge on any atom is -0.493 e. The van der Waals surface area contributed by atoms with E-state index in [1.54, 1.807) is 30.3 Å². The molecule has 138 valence electrons. The van der Waals surface area contributed by atoms with Gasteiger partial charge < -0.3 is 20.1 Å². The number of carboxylic acids is 1. The molecule has 0 aromatic heterocycles. The molecule has 7 nitrogen and oxygen atoms in total. The summed E-state index contributed by atoms with van der Waals surface area (Å²) < 4.78 is 5.43. The maximum atomic E-state index is 12.4. The SMILES string of the molecule is O=C(CN1Cc2ccccc2C1=O)N[C@@H](C(=O)O)c1ccc2c(c1)CCO2. The Bertz CT molecular complexity index is 940. The van der Waals surface area contributed by atoms with Crippen LogP contribution in [0.25, 0.3) is 0 Å². The Kier molecular flexibility index (Phi) is 4.27. The fourth-order valence-corrected chi connectivity index (χ4v) is 3.50. The third-order valence-electron chi connectivity index (χ3n) is 4.83. The molecule has 0 fully saturated rings. The van der Waals surface area contributed by atoms with Crippen LogP contribution in [0.15, 0.2) is 42.5 Å². The number of nitrogens with one attached hydrogen (secondary N) is 1. The Hall–Kier alpha value is -3.35. The van der Waals surface area contributed by atoms with Crippen LogP contribution in [-0.4, -0.2) is 40.9 Å². The minimum absolute atomic E-state index is 0.189. The highest BCUT2D eigenvalue weighted by molar-refractivity contribution is 6.00. The molecule has 4 rings (SSSR count). The van der Waals surface area contributed by atoms with Crippen molar-refractivity contribution in [1.82, 2.24) is 10.2 Å². The van der Waals surface area contributed by atoms with Crippen LogP contribution in [0.3, 0.4) is 0 Å². The minimum atomic E-state index is -1.18. The highest BCUT2D eigenvalue weighted by Gasteiger charge is 2.30. The summed E-state index contributed by atoms with van der Waals surface area (Å²) in [5.41, 5.74) is 2.86. The molecule has 0 bridgehead atoms. The van der Waals surface area contributed by atoms with Crippen LogP contribution in [0.1, 0.15) is 33.1 Å². The summed E-state index contributed by atoms with van der Waals surface area (Å²) in [6, 6.07) is 11.1. The van der Waals surface area contributed by atoms with Gasteiger partial charge >= 0.3 is 5.97 Å². The van der Waals surface area contributed by atoms with Gasteiger partial charge in [-0.1, -0.05) is 24.3 Å². The lowest BCUT2D eigenvalue weighted by molar-refractivity contribution is -0.142. The van der Waals surface area contributed by atoms with Gasteiger partial charge in [0.25, 0.3) is 5.91 Å². The van der Waals surface area contributed by atoms with Crippen molar-refractivity contribution in [3.05, 3.63) is 64.7 Å². The van der Waals surface area contributed by atoms with Crippen molar-refractivity contribution in [2.75, 3.05) is 13.2 Å². The summed E-state index contributed by atoms with van der Waals surface area (Å²) in [6.45, 7) is 0.724.